The lowest BCUT2D eigenvalue weighted by atomic mass is 9.82. The third-order valence-electron chi connectivity index (χ3n) is 11.5. The molecule has 2 aliphatic rings. The zero-order valence-electron chi connectivity index (χ0n) is 30.6. The lowest BCUT2D eigenvalue weighted by molar-refractivity contribution is 0.584. The molecule has 0 N–H and O–H groups in total. The highest BCUT2D eigenvalue weighted by Gasteiger charge is 2.43. The molecule has 7 aromatic carbocycles. The lowest BCUT2D eigenvalue weighted by Crippen LogP contribution is -2.30. The molecule has 0 saturated heterocycles. The van der Waals surface area contributed by atoms with Crippen molar-refractivity contribution in [1.29, 1.82) is 0 Å². The molecule has 6 heteroatoms. The Morgan fingerprint density at radius 1 is 0.474 bits per heavy atom. The highest BCUT2D eigenvalue weighted by atomic mass is 16.3. The number of para-hydroxylation sites is 3. The molecule has 2 atom stereocenters. The van der Waals surface area contributed by atoms with E-state index in [4.69, 9.17) is 23.8 Å². The summed E-state index contributed by atoms with van der Waals surface area (Å²) in [5.41, 5.74) is 12.1. The van der Waals surface area contributed by atoms with E-state index in [9.17, 15) is 0 Å². The van der Waals surface area contributed by atoms with Crippen LogP contribution in [-0.2, 0) is 0 Å². The first-order valence-electron chi connectivity index (χ1n) is 19.3. The van der Waals surface area contributed by atoms with Crippen molar-refractivity contribution in [2.24, 2.45) is 0 Å². The molecule has 6 nitrogen and oxygen atoms in total. The molecule has 0 saturated carbocycles. The predicted molar refractivity (Wildman–Crippen MR) is 228 cm³/mol. The van der Waals surface area contributed by atoms with Crippen molar-refractivity contribution in [2.75, 3.05) is 4.90 Å². The van der Waals surface area contributed by atoms with Gasteiger partial charge in [-0.2, -0.15) is 0 Å². The molecule has 268 valence electrons. The molecule has 0 bridgehead atoms. The standard InChI is InChI=1S/C51H32N4O2/c1-3-13-31(14-4-1)32-15-11-16-33(29-32)49-52-50(34-25-26-37-36-19-8-10-23-42(36)56-45(37)30-34)54-51(53-49)39-21-12-24-43-47(39)48-44(57-43)28-27-41-46(48)38-20-7-9-22-40(38)55(41)35-17-5-2-6-18-35/h1-30,41,46H. The minimum absolute atomic E-state index is 0.0302. The maximum Gasteiger partial charge on any atom is 0.164 e. The highest BCUT2D eigenvalue weighted by molar-refractivity contribution is 6.06. The number of hydrogen-bond donors (Lipinski definition) is 0. The smallest absolute Gasteiger partial charge is 0.164 e. The van der Waals surface area contributed by atoms with Crippen LogP contribution in [-0.4, -0.2) is 21.0 Å². The summed E-state index contributed by atoms with van der Waals surface area (Å²) in [4.78, 5) is 18.2. The number of hydrogen-bond acceptors (Lipinski definition) is 6. The zero-order valence-corrected chi connectivity index (χ0v) is 30.6. The largest absolute Gasteiger partial charge is 0.456 e. The van der Waals surface area contributed by atoms with Crippen LogP contribution < -0.4 is 4.90 Å². The van der Waals surface area contributed by atoms with Crippen LogP contribution in [0, 0.1) is 0 Å². The van der Waals surface area contributed by atoms with Crippen molar-refractivity contribution in [2.45, 2.75) is 12.0 Å². The quantitative estimate of drug-likeness (QED) is 0.175. The second-order valence-electron chi connectivity index (χ2n) is 14.7. The molecule has 0 fully saturated rings. The molecular weight excluding hydrogens is 701 g/mol. The summed E-state index contributed by atoms with van der Waals surface area (Å²) in [5.74, 6) is 2.63. The Balaban J connectivity index is 1.07. The first-order valence-corrected chi connectivity index (χ1v) is 19.3. The Bertz CT molecular complexity index is 3220. The second kappa shape index (κ2) is 12.5. The third-order valence-corrected chi connectivity index (χ3v) is 11.5. The van der Waals surface area contributed by atoms with Gasteiger partial charge < -0.3 is 13.7 Å². The molecule has 10 aromatic rings. The summed E-state index contributed by atoms with van der Waals surface area (Å²) < 4.78 is 13.0. The van der Waals surface area contributed by atoms with Gasteiger partial charge in [0, 0.05) is 55.7 Å². The van der Waals surface area contributed by atoms with Crippen molar-refractivity contribution in [3.8, 4) is 45.3 Å². The van der Waals surface area contributed by atoms with Crippen molar-refractivity contribution in [3.05, 3.63) is 193 Å². The van der Waals surface area contributed by atoms with Gasteiger partial charge in [-0.05, 0) is 71.3 Å². The third kappa shape index (κ3) is 5.00. The molecule has 1 aliphatic heterocycles. The second-order valence-corrected chi connectivity index (χ2v) is 14.7. The summed E-state index contributed by atoms with van der Waals surface area (Å²) in [7, 11) is 0. The van der Waals surface area contributed by atoms with Crippen LogP contribution in [0.5, 0.6) is 0 Å². The minimum Gasteiger partial charge on any atom is -0.456 e. The number of rotatable bonds is 5. The first-order chi connectivity index (χ1) is 28.2. The molecule has 0 spiro atoms. The predicted octanol–water partition coefficient (Wildman–Crippen LogP) is 12.9. The average Bonchev–Trinajstić information content (AvgIpc) is 3.96. The van der Waals surface area contributed by atoms with Gasteiger partial charge in [0.05, 0.1) is 6.04 Å². The van der Waals surface area contributed by atoms with E-state index in [1.54, 1.807) is 0 Å². The van der Waals surface area contributed by atoms with Crippen LogP contribution in [0.3, 0.4) is 0 Å². The Hall–Kier alpha value is -7.57. The minimum atomic E-state index is 0.0302. The summed E-state index contributed by atoms with van der Waals surface area (Å²) in [6, 6.07) is 58.8. The topological polar surface area (TPSA) is 68.2 Å². The van der Waals surface area contributed by atoms with Gasteiger partial charge in [0.15, 0.2) is 17.5 Å². The maximum atomic E-state index is 6.70. The molecule has 57 heavy (non-hydrogen) atoms. The zero-order chi connectivity index (χ0) is 37.5. The van der Waals surface area contributed by atoms with Gasteiger partial charge >= 0.3 is 0 Å². The summed E-state index contributed by atoms with van der Waals surface area (Å²) >= 11 is 0. The molecule has 1 aliphatic carbocycles. The van der Waals surface area contributed by atoms with E-state index in [2.05, 4.69) is 151 Å². The van der Waals surface area contributed by atoms with Crippen molar-refractivity contribution >= 4 is 50.4 Å². The number of fused-ring (bicyclic) bond motifs is 10. The van der Waals surface area contributed by atoms with Crippen molar-refractivity contribution < 1.29 is 8.83 Å². The fourth-order valence-electron chi connectivity index (χ4n) is 8.97. The van der Waals surface area contributed by atoms with Crippen LogP contribution >= 0.6 is 0 Å². The van der Waals surface area contributed by atoms with Gasteiger partial charge in [0.1, 0.15) is 22.5 Å². The van der Waals surface area contributed by atoms with E-state index < -0.39 is 0 Å². The number of nitrogens with zero attached hydrogens (tertiary/aromatic N) is 4. The Labute approximate surface area is 328 Å². The van der Waals surface area contributed by atoms with E-state index in [1.165, 1.54) is 11.3 Å². The highest BCUT2D eigenvalue weighted by Crippen LogP contribution is 2.54. The van der Waals surface area contributed by atoms with Gasteiger partial charge in [0.2, 0.25) is 0 Å². The Kier molecular flexibility index (Phi) is 6.95. The van der Waals surface area contributed by atoms with E-state index >= 15 is 0 Å². The summed E-state index contributed by atoms with van der Waals surface area (Å²) in [6.45, 7) is 0. The SMILES string of the molecule is C1=CC2C(c3ccccc3N2c2ccccc2)c2c1oc1cccc(-c3nc(-c4cccc(-c5ccccc5)c4)nc(-c4ccc5c(c4)oc4ccccc45)n3)c21. The molecule has 2 unspecified atom stereocenters. The number of anilines is 2. The monoisotopic (exact) mass is 732 g/mol. The first kappa shape index (κ1) is 31.7. The maximum absolute atomic E-state index is 6.70. The molecule has 0 radical (unpaired) electrons. The number of benzene rings is 7. The van der Waals surface area contributed by atoms with Crippen LogP contribution in [0.1, 0.15) is 22.8 Å². The van der Waals surface area contributed by atoms with Crippen molar-refractivity contribution in [3.63, 3.8) is 0 Å². The molecule has 3 aromatic heterocycles. The van der Waals surface area contributed by atoms with E-state index in [1.807, 2.05) is 36.4 Å². The van der Waals surface area contributed by atoms with Crippen LogP contribution in [0.2, 0.25) is 0 Å². The number of aromatic nitrogens is 3. The summed E-state index contributed by atoms with van der Waals surface area (Å²) in [5, 5.41) is 3.15. The normalized spacial score (nSPS) is 15.6. The average molecular weight is 733 g/mol. The van der Waals surface area contributed by atoms with E-state index in [0.29, 0.717) is 17.5 Å². The molecule has 0 amide bonds. The van der Waals surface area contributed by atoms with Crippen LogP contribution in [0.4, 0.5) is 11.4 Å². The van der Waals surface area contributed by atoms with Crippen LogP contribution in [0.15, 0.2) is 185 Å². The van der Waals surface area contributed by atoms with Crippen molar-refractivity contribution in [1.82, 2.24) is 15.0 Å². The van der Waals surface area contributed by atoms with Gasteiger partial charge in [0.25, 0.3) is 0 Å². The Morgan fingerprint density at radius 3 is 2.02 bits per heavy atom. The van der Waals surface area contributed by atoms with Gasteiger partial charge in [-0.25, -0.2) is 15.0 Å². The Morgan fingerprint density at radius 2 is 1.14 bits per heavy atom. The summed E-state index contributed by atoms with van der Waals surface area (Å²) in [6.07, 6.45) is 4.43. The van der Waals surface area contributed by atoms with E-state index in [-0.39, 0.29) is 12.0 Å². The van der Waals surface area contributed by atoms with Crippen LogP contribution in [0.25, 0.3) is 84.3 Å². The van der Waals surface area contributed by atoms with Gasteiger partial charge in [-0.3, -0.25) is 0 Å². The molecular formula is C51H32N4O2. The fraction of sp³-hybridized carbons (Fsp3) is 0.0392. The molecule has 12 rings (SSSR count). The van der Waals surface area contributed by atoms with Gasteiger partial charge in [-0.15, -0.1) is 0 Å². The lowest BCUT2D eigenvalue weighted by Gasteiger charge is -2.30. The number of furan rings is 2. The van der Waals surface area contributed by atoms with Gasteiger partial charge in [-0.1, -0.05) is 127 Å². The van der Waals surface area contributed by atoms with E-state index in [0.717, 1.165) is 77.7 Å². The molecule has 4 heterocycles. The fourth-order valence-corrected chi connectivity index (χ4v) is 8.97.